The minimum absolute atomic E-state index is 0.0512. The zero-order valence-corrected chi connectivity index (χ0v) is 20.8. The fraction of sp³-hybridized carbons (Fsp3) is 0.417. The minimum atomic E-state index is -5.05. The highest BCUT2D eigenvalue weighted by molar-refractivity contribution is 7.98. The monoisotopic (exact) mass is 538 g/mol. The quantitative estimate of drug-likeness (QED) is 0.393. The number of benzene rings is 1. The fourth-order valence-corrected chi connectivity index (χ4v) is 3.87. The molecule has 13 heteroatoms. The van der Waals surface area contributed by atoms with Gasteiger partial charge < -0.3 is 20.1 Å². The van der Waals surface area contributed by atoms with E-state index in [4.69, 9.17) is 9.47 Å². The van der Waals surface area contributed by atoms with Crippen LogP contribution in [0.25, 0.3) is 0 Å². The van der Waals surface area contributed by atoms with Gasteiger partial charge in [-0.25, -0.2) is 4.79 Å². The SMILES string of the molecule is CC[C@H]1O[C@@H](n2cc(C#CCNC(=O)C(F)(F)F)c(NC(=O)c3ccccc3)nc2=O)C[C@H]1OCSC. The van der Waals surface area contributed by atoms with Crippen molar-refractivity contribution in [1.29, 1.82) is 0 Å². The summed E-state index contributed by atoms with van der Waals surface area (Å²) in [5.41, 5.74) is -0.372. The van der Waals surface area contributed by atoms with Gasteiger partial charge in [-0.2, -0.15) is 18.2 Å². The highest BCUT2D eigenvalue weighted by atomic mass is 32.2. The van der Waals surface area contributed by atoms with E-state index in [1.165, 1.54) is 22.5 Å². The van der Waals surface area contributed by atoms with Crippen LogP contribution in [0.5, 0.6) is 0 Å². The number of halogens is 3. The van der Waals surface area contributed by atoms with Gasteiger partial charge in [-0.15, -0.1) is 11.8 Å². The van der Waals surface area contributed by atoms with E-state index in [-0.39, 0.29) is 23.6 Å². The lowest BCUT2D eigenvalue weighted by Gasteiger charge is -2.17. The second kappa shape index (κ2) is 12.8. The van der Waals surface area contributed by atoms with Crippen LogP contribution in [0.15, 0.2) is 41.3 Å². The molecule has 3 atom stereocenters. The first-order valence-corrected chi connectivity index (χ1v) is 12.6. The van der Waals surface area contributed by atoms with Gasteiger partial charge in [0.25, 0.3) is 5.91 Å². The lowest BCUT2D eigenvalue weighted by Crippen LogP contribution is -2.36. The third kappa shape index (κ3) is 7.58. The number of nitrogens with one attached hydrogen (secondary N) is 2. The number of amides is 2. The summed E-state index contributed by atoms with van der Waals surface area (Å²) in [6.07, 6.45) is -2.04. The van der Waals surface area contributed by atoms with Crippen LogP contribution in [0, 0.1) is 11.8 Å². The van der Waals surface area contributed by atoms with E-state index >= 15 is 0 Å². The molecular weight excluding hydrogens is 513 g/mol. The van der Waals surface area contributed by atoms with Crippen LogP contribution < -0.4 is 16.3 Å². The van der Waals surface area contributed by atoms with E-state index in [1.54, 1.807) is 35.6 Å². The summed E-state index contributed by atoms with van der Waals surface area (Å²) in [6.45, 7) is 1.31. The Morgan fingerprint density at radius 1 is 1.30 bits per heavy atom. The summed E-state index contributed by atoms with van der Waals surface area (Å²) in [5.74, 6) is 2.55. The Hall–Kier alpha value is -3.34. The van der Waals surface area contributed by atoms with Crippen LogP contribution >= 0.6 is 11.8 Å². The van der Waals surface area contributed by atoms with Crippen LogP contribution in [0.1, 0.15) is 41.9 Å². The predicted molar refractivity (Wildman–Crippen MR) is 131 cm³/mol. The van der Waals surface area contributed by atoms with Crippen molar-refractivity contribution in [3.63, 3.8) is 0 Å². The molecule has 3 rings (SSSR count). The van der Waals surface area contributed by atoms with Gasteiger partial charge in [0, 0.05) is 18.2 Å². The van der Waals surface area contributed by atoms with E-state index in [9.17, 15) is 27.6 Å². The normalized spacial score (nSPS) is 19.1. The third-order valence-corrected chi connectivity index (χ3v) is 5.70. The van der Waals surface area contributed by atoms with E-state index in [1.807, 2.05) is 13.2 Å². The Labute approximate surface area is 215 Å². The smallest absolute Gasteiger partial charge is 0.365 e. The van der Waals surface area contributed by atoms with Crippen LogP contribution in [-0.2, 0) is 14.3 Å². The number of carbonyl (C=O) groups is 2. The van der Waals surface area contributed by atoms with E-state index in [0.29, 0.717) is 24.3 Å². The van der Waals surface area contributed by atoms with Gasteiger partial charge >= 0.3 is 17.8 Å². The number of rotatable bonds is 8. The summed E-state index contributed by atoms with van der Waals surface area (Å²) in [7, 11) is 0. The largest absolute Gasteiger partial charge is 0.471 e. The van der Waals surface area contributed by atoms with Gasteiger partial charge in [0.1, 0.15) is 6.23 Å². The average Bonchev–Trinajstić information content (AvgIpc) is 3.29. The molecular formula is C24H25F3N4O5S. The zero-order valence-electron chi connectivity index (χ0n) is 20.0. The fourth-order valence-electron chi connectivity index (χ4n) is 3.56. The second-order valence-electron chi connectivity index (χ2n) is 7.88. The van der Waals surface area contributed by atoms with Crippen LogP contribution in [0.4, 0.5) is 19.0 Å². The Kier molecular flexibility index (Phi) is 9.73. The van der Waals surface area contributed by atoms with Crippen molar-refractivity contribution in [2.45, 2.75) is 44.4 Å². The first kappa shape index (κ1) is 28.2. The summed E-state index contributed by atoms with van der Waals surface area (Å²) < 4.78 is 50.3. The number of carbonyl (C=O) groups excluding carboxylic acids is 2. The summed E-state index contributed by atoms with van der Waals surface area (Å²) in [6, 6.07) is 8.15. The molecule has 1 aliphatic rings. The van der Waals surface area contributed by atoms with E-state index in [2.05, 4.69) is 22.1 Å². The van der Waals surface area contributed by atoms with Crippen LogP contribution in [0.3, 0.4) is 0 Å². The summed E-state index contributed by atoms with van der Waals surface area (Å²) >= 11 is 1.51. The van der Waals surface area contributed by atoms with Crippen molar-refractivity contribution < 1.29 is 32.2 Å². The molecule has 0 spiro atoms. The van der Waals surface area contributed by atoms with Crippen molar-refractivity contribution in [1.82, 2.24) is 14.9 Å². The molecule has 0 unspecified atom stereocenters. The summed E-state index contributed by atoms with van der Waals surface area (Å²) in [4.78, 5) is 40.5. The number of anilines is 1. The first-order valence-electron chi connectivity index (χ1n) is 11.2. The predicted octanol–water partition coefficient (Wildman–Crippen LogP) is 2.93. The van der Waals surface area contributed by atoms with Gasteiger partial charge in [-0.1, -0.05) is 37.0 Å². The molecule has 1 aromatic carbocycles. The highest BCUT2D eigenvalue weighted by Crippen LogP contribution is 2.32. The molecule has 1 aromatic heterocycles. The Morgan fingerprint density at radius 3 is 2.68 bits per heavy atom. The number of hydrogen-bond donors (Lipinski definition) is 2. The lowest BCUT2D eigenvalue weighted by molar-refractivity contribution is -0.173. The van der Waals surface area contributed by atoms with Gasteiger partial charge in [-0.3, -0.25) is 14.2 Å². The third-order valence-electron chi connectivity index (χ3n) is 5.33. The van der Waals surface area contributed by atoms with Crippen molar-refractivity contribution in [2.24, 2.45) is 0 Å². The number of ether oxygens (including phenoxy) is 2. The van der Waals surface area contributed by atoms with Crippen molar-refractivity contribution in [2.75, 3.05) is 24.1 Å². The molecule has 0 bridgehead atoms. The van der Waals surface area contributed by atoms with Gasteiger partial charge in [-0.05, 0) is 24.8 Å². The number of thioether (sulfide) groups is 1. The van der Waals surface area contributed by atoms with E-state index in [0.717, 1.165) is 0 Å². The van der Waals surface area contributed by atoms with Crippen molar-refractivity contribution in [3.8, 4) is 11.8 Å². The molecule has 1 saturated heterocycles. The maximum absolute atomic E-state index is 12.9. The number of hydrogen-bond acceptors (Lipinski definition) is 7. The van der Waals surface area contributed by atoms with Gasteiger partial charge in [0.2, 0.25) is 0 Å². The van der Waals surface area contributed by atoms with Crippen LogP contribution in [0.2, 0.25) is 0 Å². The van der Waals surface area contributed by atoms with Gasteiger partial charge in [0.05, 0.1) is 30.3 Å². The molecule has 2 N–H and O–H groups in total. The molecule has 1 aliphatic heterocycles. The molecule has 0 radical (unpaired) electrons. The molecule has 2 heterocycles. The second-order valence-corrected chi connectivity index (χ2v) is 8.69. The molecule has 198 valence electrons. The lowest BCUT2D eigenvalue weighted by atomic mass is 10.1. The first-order chi connectivity index (χ1) is 17.6. The van der Waals surface area contributed by atoms with Crippen molar-refractivity contribution >= 4 is 29.4 Å². The van der Waals surface area contributed by atoms with E-state index < -0.39 is 36.5 Å². The maximum atomic E-state index is 12.9. The number of nitrogens with zero attached hydrogens (tertiary/aromatic N) is 2. The standard InChI is InChI=1S/C24H25F3N4O5S/c1-3-17-18(35-14-37-2)12-19(36-17)31-13-16(10-7-11-28-22(33)24(25,26)27)20(30-23(31)34)29-21(32)15-8-5-4-6-9-15/h4-6,8-9,13,17-19H,3,11-12,14H2,1-2H3,(H,28,33)(H,29,30,32,34)/t17-,18-,19-/m1/s1. The Morgan fingerprint density at radius 2 is 2.03 bits per heavy atom. The maximum Gasteiger partial charge on any atom is 0.471 e. The van der Waals surface area contributed by atoms with Crippen LogP contribution in [-0.4, -0.2) is 58.5 Å². The minimum Gasteiger partial charge on any atom is -0.365 e. The summed E-state index contributed by atoms with van der Waals surface area (Å²) in [5, 5.41) is 4.16. The molecule has 9 nitrogen and oxygen atoms in total. The Balaban J connectivity index is 1.90. The van der Waals surface area contributed by atoms with Crippen molar-refractivity contribution in [3.05, 3.63) is 58.1 Å². The highest BCUT2D eigenvalue weighted by Gasteiger charge is 2.38. The molecule has 37 heavy (non-hydrogen) atoms. The number of alkyl halides is 3. The number of aromatic nitrogens is 2. The van der Waals surface area contributed by atoms with Gasteiger partial charge in [0.15, 0.2) is 5.82 Å². The molecule has 1 fully saturated rings. The zero-order chi connectivity index (χ0) is 27.0. The molecule has 2 aromatic rings. The topological polar surface area (TPSA) is 112 Å². The Bertz CT molecular complexity index is 1230. The average molecular weight is 539 g/mol. The molecule has 2 amide bonds. The molecule has 0 aliphatic carbocycles. The molecule has 0 saturated carbocycles.